The lowest BCUT2D eigenvalue weighted by Gasteiger charge is -2.08. The number of pyridine rings is 1. The molecule has 15 heavy (non-hydrogen) atoms. The van der Waals surface area contributed by atoms with E-state index in [1.807, 2.05) is 0 Å². The highest BCUT2D eigenvalue weighted by atomic mass is 32.2. The molecule has 1 amide bonds. The average molecular weight is 225 g/mol. The SMILES string of the molecule is CSCCCNc1ccncc1C(N)=O. The second-order valence-electron chi connectivity index (χ2n) is 3.06. The van der Waals surface area contributed by atoms with E-state index in [0.717, 1.165) is 24.4 Å². The first-order valence-corrected chi connectivity index (χ1v) is 6.11. The molecule has 0 saturated heterocycles. The summed E-state index contributed by atoms with van der Waals surface area (Å²) in [5, 5.41) is 3.18. The number of carbonyl (C=O) groups is 1. The van der Waals surface area contributed by atoms with Crippen LogP contribution in [-0.4, -0.2) is 29.4 Å². The zero-order chi connectivity index (χ0) is 11.1. The minimum atomic E-state index is -0.449. The third-order valence-corrected chi connectivity index (χ3v) is 2.62. The minimum Gasteiger partial charge on any atom is -0.384 e. The van der Waals surface area contributed by atoms with Gasteiger partial charge in [-0.25, -0.2) is 0 Å². The molecular weight excluding hydrogens is 210 g/mol. The second-order valence-corrected chi connectivity index (χ2v) is 4.04. The Hall–Kier alpha value is -1.23. The van der Waals surface area contributed by atoms with Crippen LogP contribution in [0.2, 0.25) is 0 Å². The van der Waals surface area contributed by atoms with Crippen molar-refractivity contribution in [2.75, 3.05) is 23.9 Å². The number of carbonyl (C=O) groups excluding carboxylic acids is 1. The lowest BCUT2D eigenvalue weighted by atomic mass is 10.2. The molecule has 1 rings (SSSR count). The largest absolute Gasteiger partial charge is 0.384 e. The molecular formula is C10H15N3OS. The molecule has 0 bridgehead atoms. The molecule has 4 nitrogen and oxygen atoms in total. The van der Waals surface area contributed by atoms with Gasteiger partial charge in [0.25, 0.3) is 5.91 Å². The molecule has 0 fully saturated rings. The summed E-state index contributed by atoms with van der Waals surface area (Å²) in [6, 6.07) is 1.76. The Bertz CT molecular complexity index is 330. The number of anilines is 1. The standard InChI is InChI=1S/C10H15N3OS/c1-15-6-2-4-13-9-3-5-12-7-8(9)10(11)14/h3,5,7H,2,4,6H2,1H3,(H2,11,14)(H,12,13). The number of amides is 1. The summed E-state index contributed by atoms with van der Waals surface area (Å²) >= 11 is 1.80. The lowest BCUT2D eigenvalue weighted by molar-refractivity contribution is 0.100. The summed E-state index contributed by atoms with van der Waals surface area (Å²) < 4.78 is 0. The highest BCUT2D eigenvalue weighted by Crippen LogP contribution is 2.12. The summed E-state index contributed by atoms with van der Waals surface area (Å²) in [7, 11) is 0. The molecule has 1 aromatic rings. The highest BCUT2D eigenvalue weighted by molar-refractivity contribution is 7.98. The smallest absolute Gasteiger partial charge is 0.252 e. The van der Waals surface area contributed by atoms with Crippen LogP contribution >= 0.6 is 11.8 Å². The zero-order valence-electron chi connectivity index (χ0n) is 8.69. The topological polar surface area (TPSA) is 68.0 Å². The Balaban J connectivity index is 2.56. The fourth-order valence-corrected chi connectivity index (χ4v) is 1.62. The first kappa shape index (κ1) is 11.8. The number of hydrogen-bond donors (Lipinski definition) is 2. The van der Waals surface area contributed by atoms with Crippen LogP contribution in [0.25, 0.3) is 0 Å². The van der Waals surface area contributed by atoms with Crippen molar-refractivity contribution in [3.05, 3.63) is 24.0 Å². The van der Waals surface area contributed by atoms with Gasteiger partial charge in [0.15, 0.2) is 0 Å². The maximum atomic E-state index is 11.0. The van der Waals surface area contributed by atoms with Gasteiger partial charge in [-0.1, -0.05) is 0 Å². The molecule has 0 aliphatic carbocycles. The maximum Gasteiger partial charge on any atom is 0.252 e. The maximum absolute atomic E-state index is 11.0. The number of rotatable bonds is 6. The fraction of sp³-hybridized carbons (Fsp3) is 0.400. The molecule has 0 unspecified atom stereocenters. The monoisotopic (exact) mass is 225 g/mol. The lowest BCUT2D eigenvalue weighted by Crippen LogP contribution is -2.15. The molecule has 0 atom stereocenters. The van der Waals surface area contributed by atoms with Crippen molar-refractivity contribution in [3.63, 3.8) is 0 Å². The van der Waals surface area contributed by atoms with Gasteiger partial charge in [0.1, 0.15) is 0 Å². The van der Waals surface area contributed by atoms with E-state index in [-0.39, 0.29) is 0 Å². The van der Waals surface area contributed by atoms with E-state index in [4.69, 9.17) is 5.73 Å². The van der Waals surface area contributed by atoms with Gasteiger partial charge in [0.05, 0.1) is 11.3 Å². The average Bonchev–Trinajstić information content (AvgIpc) is 2.25. The van der Waals surface area contributed by atoms with Crippen LogP contribution in [0.4, 0.5) is 5.69 Å². The molecule has 0 saturated carbocycles. The Morgan fingerprint density at radius 2 is 2.47 bits per heavy atom. The summed E-state index contributed by atoms with van der Waals surface area (Å²) in [6.07, 6.45) is 6.26. The molecule has 1 heterocycles. The first-order chi connectivity index (χ1) is 7.25. The quantitative estimate of drug-likeness (QED) is 0.717. The number of thioether (sulfide) groups is 1. The Morgan fingerprint density at radius 3 is 3.13 bits per heavy atom. The van der Waals surface area contributed by atoms with Gasteiger partial charge in [0.2, 0.25) is 0 Å². The number of nitrogens with one attached hydrogen (secondary N) is 1. The summed E-state index contributed by atoms with van der Waals surface area (Å²) in [5.74, 6) is 0.653. The number of aromatic nitrogens is 1. The summed E-state index contributed by atoms with van der Waals surface area (Å²) in [6.45, 7) is 0.838. The third kappa shape index (κ3) is 3.79. The summed E-state index contributed by atoms with van der Waals surface area (Å²) in [4.78, 5) is 14.9. The van der Waals surface area contributed by atoms with Crippen LogP contribution in [0.3, 0.4) is 0 Å². The van der Waals surface area contributed by atoms with Crippen molar-refractivity contribution in [2.45, 2.75) is 6.42 Å². The Morgan fingerprint density at radius 1 is 1.67 bits per heavy atom. The van der Waals surface area contributed by atoms with Crippen molar-refractivity contribution in [1.29, 1.82) is 0 Å². The number of nitrogens with zero attached hydrogens (tertiary/aromatic N) is 1. The van der Waals surface area contributed by atoms with E-state index >= 15 is 0 Å². The molecule has 0 spiro atoms. The van der Waals surface area contributed by atoms with Gasteiger partial charge >= 0.3 is 0 Å². The van der Waals surface area contributed by atoms with E-state index in [0.29, 0.717) is 5.56 Å². The van der Waals surface area contributed by atoms with Gasteiger partial charge < -0.3 is 11.1 Å². The number of hydrogen-bond acceptors (Lipinski definition) is 4. The van der Waals surface area contributed by atoms with E-state index in [2.05, 4.69) is 16.6 Å². The molecule has 0 aliphatic heterocycles. The van der Waals surface area contributed by atoms with Crippen LogP contribution in [0.5, 0.6) is 0 Å². The predicted octanol–water partition coefficient (Wildman–Crippen LogP) is 1.35. The molecule has 5 heteroatoms. The Labute approximate surface area is 93.7 Å². The van der Waals surface area contributed by atoms with Crippen LogP contribution < -0.4 is 11.1 Å². The first-order valence-electron chi connectivity index (χ1n) is 4.72. The predicted molar refractivity (Wildman–Crippen MR) is 64.2 cm³/mol. The van der Waals surface area contributed by atoms with Crippen LogP contribution in [0.1, 0.15) is 16.8 Å². The highest BCUT2D eigenvalue weighted by Gasteiger charge is 2.06. The van der Waals surface area contributed by atoms with Crippen molar-refractivity contribution >= 4 is 23.4 Å². The number of primary amides is 1. The third-order valence-electron chi connectivity index (χ3n) is 1.93. The van der Waals surface area contributed by atoms with Crippen LogP contribution in [0, 0.1) is 0 Å². The van der Waals surface area contributed by atoms with E-state index in [1.165, 1.54) is 6.20 Å². The van der Waals surface area contributed by atoms with Gasteiger partial charge in [-0.15, -0.1) is 0 Å². The van der Waals surface area contributed by atoms with Crippen molar-refractivity contribution < 1.29 is 4.79 Å². The minimum absolute atomic E-state index is 0.446. The van der Waals surface area contributed by atoms with Crippen LogP contribution in [-0.2, 0) is 0 Å². The molecule has 0 radical (unpaired) electrons. The molecule has 82 valence electrons. The van der Waals surface area contributed by atoms with Crippen LogP contribution in [0.15, 0.2) is 18.5 Å². The van der Waals surface area contributed by atoms with Gasteiger partial charge in [0, 0.05) is 18.9 Å². The normalized spacial score (nSPS) is 9.93. The molecule has 3 N–H and O–H groups in total. The fourth-order valence-electron chi connectivity index (χ4n) is 1.18. The van der Waals surface area contributed by atoms with Crippen molar-refractivity contribution in [2.24, 2.45) is 5.73 Å². The van der Waals surface area contributed by atoms with Gasteiger partial charge in [-0.05, 0) is 24.5 Å². The zero-order valence-corrected chi connectivity index (χ0v) is 9.51. The second kappa shape index (κ2) is 6.29. The van der Waals surface area contributed by atoms with E-state index < -0.39 is 5.91 Å². The van der Waals surface area contributed by atoms with Gasteiger partial charge in [-0.3, -0.25) is 9.78 Å². The number of nitrogens with two attached hydrogens (primary N) is 1. The van der Waals surface area contributed by atoms with Crippen molar-refractivity contribution in [1.82, 2.24) is 4.98 Å². The molecule has 1 aromatic heterocycles. The van der Waals surface area contributed by atoms with Gasteiger partial charge in [-0.2, -0.15) is 11.8 Å². The van der Waals surface area contributed by atoms with E-state index in [9.17, 15) is 4.79 Å². The van der Waals surface area contributed by atoms with E-state index in [1.54, 1.807) is 24.0 Å². The van der Waals surface area contributed by atoms with Crippen molar-refractivity contribution in [3.8, 4) is 0 Å². The summed E-state index contributed by atoms with van der Waals surface area (Å²) in [5.41, 5.74) is 6.43. The Kier molecular flexibility index (Phi) is 4.97. The molecule has 0 aliphatic rings. The molecule has 0 aromatic carbocycles.